The topological polar surface area (TPSA) is 76.5 Å². The lowest BCUT2D eigenvalue weighted by atomic mass is 10.5. The molecule has 0 unspecified atom stereocenters. The molecule has 2 rings (SSSR count). The van der Waals surface area contributed by atoms with Crippen molar-refractivity contribution in [3.63, 3.8) is 0 Å². The van der Waals surface area contributed by atoms with Crippen LogP contribution in [0.15, 0.2) is 29.2 Å². The number of nitrogens with zero attached hydrogens (tertiary/aromatic N) is 4. The molecule has 1 N–H and O–H groups in total. The predicted molar refractivity (Wildman–Crippen MR) is 39.8 cm³/mol. The van der Waals surface area contributed by atoms with Crippen molar-refractivity contribution in [3.05, 3.63) is 34.9 Å². The molecule has 0 saturated heterocycles. The Kier molecular flexibility index (Phi) is 1.44. The average molecular weight is 163 g/mol. The number of hydrogen-bond donors (Lipinski definition) is 1. The number of pyridine rings is 1. The monoisotopic (exact) mass is 163 g/mol. The minimum absolute atomic E-state index is 0.486. The highest BCUT2D eigenvalue weighted by Crippen LogP contribution is 1.94. The lowest BCUT2D eigenvalue weighted by molar-refractivity contribution is 0.699. The van der Waals surface area contributed by atoms with E-state index in [1.54, 1.807) is 24.4 Å². The molecule has 0 atom stereocenters. The molecule has 2 aromatic rings. The number of hydrogen-bond acceptors (Lipinski definition) is 4. The van der Waals surface area contributed by atoms with Crippen LogP contribution in [0.5, 0.6) is 0 Å². The summed E-state index contributed by atoms with van der Waals surface area (Å²) in [6.07, 6.45) is 1.61. The molecule has 2 heterocycles. The van der Waals surface area contributed by atoms with Gasteiger partial charge < -0.3 is 0 Å². The van der Waals surface area contributed by atoms with Crippen molar-refractivity contribution in [2.45, 2.75) is 0 Å². The molecule has 6 nitrogen and oxygen atoms in total. The van der Waals surface area contributed by atoms with Crippen molar-refractivity contribution < 1.29 is 0 Å². The summed E-state index contributed by atoms with van der Waals surface area (Å²) in [5.41, 5.74) is -0.486. The number of aromatic nitrogens is 5. The van der Waals surface area contributed by atoms with Crippen LogP contribution in [0.3, 0.4) is 0 Å². The second kappa shape index (κ2) is 2.57. The van der Waals surface area contributed by atoms with Gasteiger partial charge in [0.1, 0.15) is 0 Å². The van der Waals surface area contributed by atoms with Crippen LogP contribution in [0.2, 0.25) is 0 Å². The first-order chi connectivity index (χ1) is 5.86. The smallest absolute Gasteiger partial charge is 0.242 e. The fraction of sp³-hybridized carbons (Fsp3) is 0. The van der Waals surface area contributed by atoms with Gasteiger partial charge in [0.25, 0.3) is 0 Å². The van der Waals surface area contributed by atoms with E-state index in [4.69, 9.17) is 0 Å². The summed E-state index contributed by atoms with van der Waals surface area (Å²) >= 11 is 0. The van der Waals surface area contributed by atoms with Gasteiger partial charge in [0, 0.05) is 6.20 Å². The quantitative estimate of drug-likeness (QED) is 0.606. The second-order valence-corrected chi connectivity index (χ2v) is 2.11. The zero-order valence-electron chi connectivity index (χ0n) is 6.01. The van der Waals surface area contributed by atoms with E-state index in [1.807, 2.05) is 0 Å². The Labute approximate surface area is 66.9 Å². The SMILES string of the molecule is O=c1nnn(-c2ccccn2)[nH]1. The molecule has 0 aliphatic rings. The normalized spacial score (nSPS) is 10.0. The molecule has 0 bridgehead atoms. The van der Waals surface area contributed by atoms with Gasteiger partial charge in [-0.3, -0.25) is 0 Å². The number of H-pyrrole nitrogens is 1. The van der Waals surface area contributed by atoms with E-state index in [9.17, 15) is 4.79 Å². The van der Waals surface area contributed by atoms with E-state index in [2.05, 4.69) is 20.4 Å². The zero-order chi connectivity index (χ0) is 8.39. The molecule has 12 heavy (non-hydrogen) atoms. The summed E-state index contributed by atoms with van der Waals surface area (Å²) in [4.78, 5) is 15.7. The Balaban J connectivity index is 2.51. The highest BCUT2D eigenvalue weighted by atomic mass is 16.2. The largest absolute Gasteiger partial charge is 0.381 e. The molecule has 0 saturated carbocycles. The van der Waals surface area contributed by atoms with E-state index in [-0.39, 0.29) is 0 Å². The van der Waals surface area contributed by atoms with E-state index in [1.165, 1.54) is 4.80 Å². The third-order valence-electron chi connectivity index (χ3n) is 1.29. The van der Waals surface area contributed by atoms with Gasteiger partial charge >= 0.3 is 5.69 Å². The summed E-state index contributed by atoms with van der Waals surface area (Å²) in [5.74, 6) is 0.534. The van der Waals surface area contributed by atoms with E-state index >= 15 is 0 Å². The van der Waals surface area contributed by atoms with Crippen molar-refractivity contribution in [2.75, 3.05) is 0 Å². The van der Waals surface area contributed by atoms with E-state index < -0.39 is 5.69 Å². The van der Waals surface area contributed by atoms with Gasteiger partial charge in [-0.2, -0.15) is 0 Å². The van der Waals surface area contributed by atoms with Gasteiger partial charge in [-0.05, 0) is 17.3 Å². The molecule has 0 radical (unpaired) electrons. The summed E-state index contributed by atoms with van der Waals surface area (Å²) in [6.45, 7) is 0. The maximum absolute atomic E-state index is 10.6. The third kappa shape index (κ3) is 1.09. The lowest BCUT2D eigenvalue weighted by Gasteiger charge is -1.94. The Morgan fingerprint density at radius 3 is 2.92 bits per heavy atom. The Morgan fingerprint density at radius 2 is 2.33 bits per heavy atom. The molecule has 6 heteroatoms. The zero-order valence-corrected chi connectivity index (χ0v) is 6.01. The second-order valence-electron chi connectivity index (χ2n) is 2.11. The number of aromatic amines is 1. The maximum Gasteiger partial charge on any atom is 0.381 e. The maximum atomic E-state index is 10.6. The van der Waals surface area contributed by atoms with Gasteiger partial charge in [-0.25, -0.2) is 14.9 Å². The molecule has 0 aliphatic heterocycles. The molecular weight excluding hydrogens is 158 g/mol. The Bertz CT molecular complexity index is 417. The molecule has 2 aromatic heterocycles. The number of nitrogens with one attached hydrogen (secondary N) is 1. The van der Waals surface area contributed by atoms with Gasteiger partial charge in [0.2, 0.25) is 0 Å². The Hall–Kier alpha value is -1.98. The summed E-state index contributed by atoms with van der Waals surface area (Å²) < 4.78 is 0. The first kappa shape index (κ1) is 6.71. The number of tetrazole rings is 1. The molecule has 60 valence electrons. The van der Waals surface area contributed by atoms with Crippen LogP contribution in [-0.4, -0.2) is 25.2 Å². The van der Waals surface area contributed by atoms with Gasteiger partial charge in [-0.1, -0.05) is 11.2 Å². The van der Waals surface area contributed by atoms with E-state index in [0.717, 1.165) is 0 Å². The van der Waals surface area contributed by atoms with Crippen molar-refractivity contribution in [1.29, 1.82) is 0 Å². The highest BCUT2D eigenvalue weighted by Gasteiger charge is 1.97. The van der Waals surface area contributed by atoms with Crippen LogP contribution in [0.4, 0.5) is 0 Å². The van der Waals surface area contributed by atoms with Crippen molar-refractivity contribution in [3.8, 4) is 5.82 Å². The summed E-state index contributed by atoms with van der Waals surface area (Å²) in [6, 6.07) is 5.28. The lowest BCUT2D eigenvalue weighted by Crippen LogP contribution is -2.06. The number of rotatable bonds is 1. The fourth-order valence-electron chi connectivity index (χ4n) is 0.803. The van der Waals surface area contributed by atoms with Crippen molar-refractivity contribution in [1.82, 2.24) is 25.2 Å². The van der Waals surface area contributed by atoms with Crippen LogP contribution < -0.4 is 5.69 Å². The van der Waals surface area contributed by atoms with Gasteiger partial charge in [-0.15, -0.1) is 4.80 Å². The van der Waals surface area contributed by atoms with Gasteiger partial charge in [0.05, 0.1) is 0 Å². The molecule has 0 spiro atoms. The van der Waals surface area contributed by atoms with Crippen LogP contribution in [0.25, 0.3) is 5.82 Å². The van der Waals surface area contributed by atoms with Crippen LogP contribution in [0.1, 0.15) is 0 Å². The third-order valence-corrected chi connectivity index (χ3v) is 1.29. The molecular formula is C6H5N5O. The van der Waals surface area contributed by atoms with E-state index in [0.29, 0.717) is 5.82 Å². The van der Waals surface area contributed by atoms with Gasteiger partial charge in [0.15, 0.2) is 5.82 Å². The van der Waals surface area contributed by atoms with Crippen molar-refractivity contribution in [2.24, 2.45) is 0 Å². The average Bonchev–Trinajstić information content (AvgIpc) is 2.54. The van der Waals surface area contributed by atoms with Crippen molar-refractivity contribution >= 4 is 0 Å². The molecule has 0 amide bonds. The predicted octanol–water partition coefficient (Wildman–Crippen LogP) is -0.649. The minimum Gasteiger partial charge on any atom is -0.242 e. The Morgan fingerprint density at radius 1 is 1.42 bits per heavy atom. The molecule has 0 aromatic carbocycles. The fourth-order valence-corrected chi connectivity index (χ4v) is 0.803. The van der Waals surface area contributed by atoms with Crippen LogP contribution >= 0.6 is 0 Å². The summed E-state index contributed by atoms with van der Waals surface area (Å²) in [7, 11) is 0. The van der Waals surface area contributed by atoms with Crippen LogP contribution in [-0.2, 0) is 0 Å². The first-order valence-corrected chi connectivity index (χ1v) is 3.30. The highest BCUT2D eigenvalue weighted by molar-refractivity contribution is 5.16. The minimum atomic E-state index is -0.486. The molecule has 0 aliphatic carbocycles. The van der Waals surface area contributed by atoms with Crippen LogP contribution in [0, 0.1) is 0 Å². The summed E-state index contributed by atoms with van der Waals surface area (Å²) in [5, 5.41) is 9.15. The molecule has 0 fully saturated rings. The first-order valence-electron chi connectivity index (χ1n) is 3.30. The standard InChI is InChI=1S/C6H5N5O/c12-6-8-10-11(9-6)5-3-1-2-4-7-5/h1-4H,(H,9,12).